The Kier molecular flexibility index (Phi) is 7.84. The molecule has 0 saturated heterocycles. The zero-order chi connectivity index (χ0) is 24.6. The summed E-state index contributed by atoms with van der Waals surface area (Å²) in [5, 5.41) is 5.77. The van der Waals surface area contributed by atoms with Gasteiger partial charge in [-0.2, -0.15) is 0 Å². The SMILES string of the molecule is COc1ccc(C)cc1NC(=O)CNC(=O)CSc1nc(-c2ccccc2)c(-c2ccccc2)o1. The Morgan fingerprint density at radius 2 is 1.63 bits per heavy atom. The smallest absolute Gasteiger partial charge is 0.257 e. The summed E-state index contributed by atoms with van der Waals surface area (Å²) in [5.74, 6) is 0.608. The first-order valence-electron chi connectivity index (χ1n) is 11.0. The highest BCUT2D eigenvalue weighted by molar-refractivity contribution is 7.99. The highest BCUT2D eigenvalue weighted by Gasteiger charge is 2.18. The van der Waals surface area contributed by atoms with Crippen molar-refractivity contribution in [2.24, 2.45) is 0 Å². The summed E-state index contributed by atoms with van der Waals surface area (Å²) < 4.78 is 11.3. The maximum atomic E-state index is 12.4. The third kappa shape index (κ3) is 6.30. The third-order valence-electron chi connectivity index (χ3n) is 5.09. The average Bonchev–Trinajstić information content (AvgIpc) is 3.32. The van der Waals surface area contributed by atoms with Crippen LogP contribution in [0.4, 0.5) is 5.69 Å². The summed E-state index contributed by atoms with van der Waals surface area (Å²) in [5.41, 5.74) is 4.08. The molecule has 4 aromatic rings. The third-order valence-corrected chi connectivity index (χ3v) is 5.92. The zero-order valence-electron chi connectivity index (χ0n) is 19.4. The number of ether oxygens (including phenoxy) is 1. The predicted molar refractivity (Wildman–Crippen MR) is 137 cm³/mol. The van der Waals surface area contributed by atoms with Gasteiger partial charge >= 0.3 is 0 Å². The van der Waals surface area contributed by atoms with Crippen LogP contribution < -0.4 is 15.4 Å². The fourth-order valence-corrected chi connectivity index (χ4v) is 4.06. The summed E-state index contributed by atoms with van der Waals surface area (Å²) in [7, 11) is 1.54. The van der Waals surface area contributed by atoms with Gasteiger partial charge in [-0.25, -0.2) is 4.98 Å². The molecule has 0 radical (unpaired) electrons. The maximum Gasteiger partial charge on any atom is 0.257 e. The van der Waals surface area contributed by atoms with Gasteiger partial charge in [0.1, 0.15) is 11.4 Å². The number of oxazole rings is 1. The standard InChI is InChI=1S/C27H25N3O4S/c1-18-13-14-22(33-2)21(15-18)29-23(31)16-28-24(32)17-35-27-30-25(19-9-5-3-6-10-19)26(34-27)20-11-7-4-8-12-20/h3-15H,16-17H2,1-2H3,(H,28,32)(H,29,31). The number of nitrogens with one attached hydrogen (secondary N) is 2. The van der Waals surface area contributed by atoms with E-state index in [-0.39, 0.29) is 24.1 Å². The number of carbonyl (C=O) groups is 2. The van der Waals surface area contributed by atoms with Crippen LogP contribution in [0.15, 0.2) is 88.5 Å². The van der Waals surface area contributed by atoms with Crippen molar-refractivity contribution in [2.75, 3.05) is 24.7 Å². The van der Waals surface area contributed by atoms with Crippen molar-refractivity contribution in [3.8, 4) is 28.3 Å². The number of amides is 2. The average molecular weight is 488 g/mol. The lowest BCUT2D eigenvalue weighted by atomic mass is 10.1. The number of aryl methyl sites for hydroxylation is 1. The minimum absolute atomic E-state index is 0.0595. The van der Waals surface area contributed by atoms with Gasteiger partial charge in [0.2, 0.25) is 11.8 Å². The van der Waals surface area contributed by atoms with Gasteiger partial charge in [-0.3, -0.25) is 9.59 Å². The molecule has 0 bridgehead atoms. The molecule has 0 spiro atoms. The van der Waals surface area contributed by atoms with E-state index in [4.69, 9.17) is 9.15 Å². The van der Waals surface area contributed by atoms with Crippen LogP contribution in [-0.2, 0) is 9.59 Å². The molecule has 0 unspecified atom stereocenters. The molecule has 0 aliphatic carbocycles. The molecule has 4 rings (SSSR count). The van der Waals surface area contributed by atoms with Gasteiger partial charge in [-0.15, -0.1) is 0 Å². The molecule has 7 nitrogen and oxygen atoms in total. The van der Waals surface area contributed by atoms with Crippen LogP contribution >= 0.6 is 11.8 Å². The molecule has 178 valence electrons. The number of aromatic nitrogens is 1. The van der Waals surface area contributed by atoms with E-state index in [9.17, 15) is 9.59 Å². The zero-order valence-corrected chi connectivity index (χ0v) is 20.2. The van der Waals surface area contributed by atoms with E-state index >= 15 is 0 Å². The Balaban J connectivity index is 1.37. The van der Waals surface area contributed by atoms with Crippen molar-refractivity contribution in [3.05, 3.63) is 84.4 Å². The summed E-state index contributed by atoms with van der Waals surface area (Å²) in [4.78, 5) is 29.3. The van der Waals surface area contributed by atoms with Gasteiger partial charge in [0.05, 0.1) is 25.1 Å². The number of hydrogen-bond acceptors (Lipinski definition) is 6. The maximum absolute atomic E-state index is 12.4. The molecular weight excluding hydrogens is 462 g/mol. The summed E-state index contributed by atoms with van der Waals surface area (Å²) in [6.07, 6.45) is 0. The van der Waals surface area contributed by atoms with Crippen LogP contribution in [-0.4, -0.2) is 36.2 Å². The molecule has 0 fully saturated rings. The van der Waals surface area contributed by atoms with Crippen molar-refractivity contribution in [2.45, 2.75) is 12.1 Å². The Bertz CT molecular complexity index is 1250. The molecule has 3 aromatic carbocycles. The Labute approximate surface area is 207 Å². The fraction of sp³-hybridized carbons (Fsp3) is 0.148. The minimum Gasteiger partial charge on any atom is -0.495 e. The van der Waals surface area contributed by atoms with Crippen molar-refractivity contribution >= 4 is 29.3 Å². The summed E-state index contributed by atoms with van der Waals surface area (Å²) in [6.45, 7) is 1.76. The van der Waals surface area contributed by atoms with Crippen LogP contribution in [0.5, 0.6) is 5.75 Å². The largest absolute Gasteiger partial charge is 0.495 e. The van der Waals surface area contributed by atoms with Gasteiger partial charge in [0.25, 0.3) is 5.22 Å². The van der Waals surface area contributed by atoms with Crippen LogP contribution in [0.2, 0.25) is 0 Å². The quantitative estimate of drug-likeness (QED) is 0.316. The number of thioether (sulfide) groups is 1. The molecule has 0 atom stereocenters. The number of anilines is 1. The van der Waals surface area contributed by atoms with Crippen LogP contribution in [0.3, 0.4) is 0 Å². The lowest BCUT2D eigenvalue weighted by molar-refractivity contribution is -0.122. The van der Waals surface area contributed by atoms with Gasteiger partial charge in [0, 0.05) is 11.1 Å². The number of methoxy groups -OCH3 is 1. The molecule has 0 saturated carbocycles. The van der Waals surface area contributed by atoms with Crippen molar-refractivity contribution in [1.29, 1.82) is 0 Å². The highest BCUT2D eigenvalue weighted by Crippen LogP contribution is 2.35. The second-order valence-corrected chi connectivity index (χ2v) is 8.63. The number of carbonyl (C=O) groups excluding carboxylic acids is 2. The van der Waals surface area contributed by atoms with Crippen molar-refractivity contribution < 1.29 is 18.7 Å². The van der Waals surface area contributed by atoms with E-state index in [1.807, 2.05) is 79.7 Å². The number of rotatable bonds is 9. The molecule has 35 heavy (non-hydrogen) atoms. The van der Waals surface area contributed by atoms with Crippen LogP contribution in [0.1, 0.15) is 5.56 Å². The summed E-state index contributed by atoms with van der Waals surface area (Å²) in [6, 6.07) is 25.0. The second-order valence-electron chi connectivity index (χ2n) is 7.71. The van der Waals surface area contributed by atoms with Gasteiger partial charge in [-0.05, 0) is 24.6 Å². The van der Waals surface area contributed by atoms with E-state index in [0.717, 1.165) is 16.7 Å². The van der Waals surface area contributed by atoms with E-state index < -0.39 is 0 Å². The van der Waals surface area contributed by atoms with Crippen LogP contribution in [0.25, 0.3) is 22.6 Å². The predicted octanol–water partition coefficient (Wildman–Crippen LogP) is 5.17. The van der Waals surface area contributed by atoms with E-state index in [1.54, 1.807) is 6.07 Å². The topological polar surface area (TPSA) is 93.5 Å². The summed E-state index contributed by atoms with van der Waals surface area (Å²) >= 11 is 1.18. The van der Waals surface area contributed by atoms with E-state index in [2.05, 4.69) is 15.6 Å². The van der Waals surface area contributed by atoms with Gasteiger partial charge in [0.15, 0.2) is 5.76 Å². The molecule has 2 amide bonds. The van der Waals surface area contributed by atoms with Gasteiger partial charge < -0.3 is 19.8 Å². The molecule has 2 N–H and O–H groups in total. The number of hydrogen-bond donors (Lipinski definition) is 2. The first-order chi connectivity index (χ1) is 17.0. The second kappa shape index (κ2) is 11.4. The fourth-order valence-electron chi connectivity index (χ4n) is 3.41. The minimum atomic E-state index is -0.346. The number of nitrogens with zero attached hydrogens (tertiary/aromatic N) is 1. The Morgan fingerprint density at radius 3 is 2.31 bits per heavy atom. The van der Waals surface area contributed by atoms with Gasteiger partial charge in [-0.1, -0.05) is 78.5 Å². The van der Waals surface area contributed by atoms with E-state index in [1.165, 1.54) is 18.9 Å². The highest BCUT2D eigenvalue weighted by atomic mass is 32.2. The Morgan fingerprint density at radius 1 is 0.943 bits per heavy atom. The molecule has 1 aromatic heterocycles. The molecule has 8 heteroatoms. The first-order valence-corrected chi connectivity index (χ1v) is 12.0. The lowest BCUT2D eigenvalue weighted by Gasteiger charge is -2.11. The molecular formula is C27H25N3O4S. The molecule has 1 heterocycles. The van der Waals surface area contributed by atoms with Crippen molar-refractivity contribution in [1.82, 2.24) is 10.3 Å². The monoisotopic (exact) mass is 487 g/mol. The first kappa shape index (κ1) is 24.1. The lowest BCUT2D eigenvalue weighted by Crippen LogP contribution is -2.34. The van der Waals surface area contributed by atoms with E-state index in [0.29, 0.717) is 28.1 Å². The molecule has 0 aliphatic rings. The van der Waals surface area contributed by atoms with Crippen LogP contribution in [0, 0.1) is 6.92 Å². The van der Waals surface area contributed by atoms with Crippen molar-refractivity contribution in [3.63, 3.8) is 0 Å². The number of benzene rings is 3. The normalized spacial score (nSPS) is 10.6. The Hall–Kier alpha value is -4.04. The molecule has 0 aliphatic heterocycles.